The predicted octanol–water partition coefficient (Wildman–Crippen LogP) is 1.75. The van der Waals surface area contributed by atoms with E-state index in [1.165, 1.54) is 19.5 Å². The van der Waals surface area contributed by atoms with Crippen LogP contribution < -0.4 is 10.2 Å². The number of carboxylic acids is 1. The zero-order chi connectivity index (χ0) is 13.1. The van der Waals surface area contributed by atoms with Crippen LogP contribution >= 0.6 is 0 Å². The molecule has 1 aromatic carbocycles. The highest BCUT2D eigenvalue weighted by atomic mass is 16.5. The second-order valence-electron chi connectivity index (χ2n) is 3.62. The molecule has 1 heterocycles. The molecule has 0 bridgehead atoms. The number of rotatable bonds is 3. The fraction of sp³-hybridized carbons (Fsp3) is 0.0769. The van der Waals surface area contributed by atoms with Gasteiger partial charge in [0.2, 0.25) is 5.43 Å². The Labute approximate surface area is 103 Å². The molecule has 0 amide bonds. The van der Waals surface area contributed by atoms with E-state index < -0.39 is 11.4 Å². The molecule has 5 heteroatoms. The lowest BCUT2D eigenvalue weighted by molar-refractivity contribution is 0.0695. The minimum Gasteiger partial charge on any atom is -0.496 e. The van der Waals surface area contributed by atoms with Crippen molar-refractivity contribution in [2.45, 2.75) is 0 Å². The third-order valence-corrected chi connectivity index (χ3v) is 2.57. The molecule has 0 aliphatic carbocycles. The summed E-state index contributed by atoms with van der Waals surface area (Å²) in [7, 11) is 1.49. The fourth-order valence-electron chi connectivity index (χ4n) is 1.71. The molecule has 2 rings (SSSR count). The first-order valence-electron chi connectivity index (χ1n) is 5.23. The lowest BCUT2D eigenvalue weighted by atomic mass is 10.0. The molecule has 0 aliphatic rings. The molecule has 2 N–H and O–H groups in total. The van der Waals surface area contributed by atoms with Crippen molar-refractivity contribution in [1.82, 2.24) is 4.98 Å². The van der Waals surface area contributed by atoms with Gasteiger partial charge in [-0.05, 0) is 6.07 Å². The van der Waals surface area contributed by atoms with Crippen molar-refractivity contribution >= 4 is 5.97 Å². The SMILES string of the molecule is COc1ccccc1-c1c[nH]cc(C(=O)O)c1=O. The molecular weight excluding hydrogens is 234 g/mol. The Kier molecular flexibility index (Phi) is 3.14. The number of benzene rings is 1. The average molecular weight is 245 g/mol. The number of hydrogen-bond donors (Lipinski definition) is 2. The van der Waals surface area contributed by atoms with E-state index >= 15 is 0 Å². The maximum atomic E-state index is 12.0. The number of carboxylic acid groups (broad SMARTS) is 1. The van der Waals surface area contributed by atoms with Gasteiger partial charge in [0.15, 0.2) is 0 Å². The number of para-hydroxylation sites is 1. The summed E-state index contributed by atoms with van der Waals surface area (Å²) >= 11 is 0. The van der Waals surface area contributed by atoms with Gasteiger partial charge < -0.3 is 14.8 Å². The van der Waals surface area contributed by atoms with Crippen molar-refractivity contribution in [1.29, 1.82) is 0 Å². The smallest absolute Gasteiger partial charge is 0.341 e. The lowest BCUT2D eigenvalue weighted by Gasteiger charge is -2.07. The molecule has 0 fully saturated rings. The van der Waals surface area contributed by atoms with E-state index in [1.54, 1.807) is 24.3 Å². The Balaban J connectivity index is 2.69. The highest BCUT2D eigenvalue weighted by molar-refractivity contribution is 5.89. The van der Waals surface area contributed by atoms with Crippen LogP contribution in [0.3, 0.4) is 0 Å². The molecule has 5 nitrogen and oxygen atoms in total. The summed E-state index contributed by atoms with van der Waals surface area (Å²) in [5.74, 6) is -0.737. The zero-order valence-corrected chi connectivity index (χ0v) is 9.64. The van der Waals surface area contributed by atoms with Gasteiger partial charge in [-0.2, -0.15) is 0 Å². The van der Waals surface area contributed by atoms with Gasteiger partial charge in [-0.25, -0.2) is 4.79 Å². The van der Waals surface area contributed by atoms with Gasteiger partial charge in [0.1, 0.15) is 11.3 Å². The van der Waals surface area contributed by atoms with Gasteiger partial charge >= 0.3 is 5.97 Å². The Hall–Kier alpha value is -2.56. The quantitative estimate of drug-likeness (QED) is 0.863. The van der Waals surface area contributed by atoms with Crippen molar-refractivity contribution in [3.05, 3.63) is 52.4 Å². The van der Waals surface area contributed by atoms with Crippen LogP contribution in [0.4, 0.5) is 0 Å². The molecule has 18 heavy (non-hydrogen) atoms. The zero-order valence-electron chi connectivity index (χ0n) is 9.64. The minimum absolute atomic E-state index is 0.271. The number of carbonyl (C=O) groups is 1. The van der Waals surface area contributed by atoms with Crippen LogP contribution in [0.5, 0.6) is 5.75 Å². The summed E-state index contributed by atoms with van der Waals surface area (Å²) in [6, 6.07) is 6.94. The maximum absolute atomic E-state index is 12.0. The van der Waals surface area contributed by atoms with Crippen LogP contribution in [0, 0.1) is 0 Å². The summed E-state index contributed by atoms with van der Waals surface area (Å²) in [6.07, 6.45) is 2.64. The number of pyridine rings is 1. The molecule has 2 aromatic rings. The number of aromatic nitrogens is 1. The third kappa shape index (κ3) is 1.98. The summed E-state index contributed by atoms with van der Waals surface area (Å²) in [6.45, 7) is 0. The third-order valence-electron chi connectivity index (χ3n) is 2.57. The predicted molar refractivity (Wildman–Crippen MR) is 66.0 cm³/mol. The van der Waals surface area contributed by atoms with Gasteiger partial charge in [0.05, 0.1) is 7.11 Å². The number of methoxy groups -OCH3 is 1. The van der Waals surface area contributed by atoms with Crippen molar-refractivity contribution in [3.63, 3.8) is 0 Å². The average Bonchev–Trinajstić information content (AvgIpc) is 2.38. The second kappa shape index (κ2) is 4.75. The number of ether oxygens (including phenoxy) is 1. The molecule has 0 aliphatic heterocycles. The molecule has 92 valence electrons. The topological polar surface area (TPSA) is 79.4 Å². The van der Waals surface area contributed by atoms with Crippen LogP contribution in [0.15, 0.2) is 41.5 Å². The van der Waals surface area contributed by atoms with Gasteiger partial charge in [0, 0.05) is 23.5 Å². The number of nitrogens with one attached hydrogen (secondary N) is 1. The summed E-state index contributed by atoms with van der Waals surface area (Å²) < 4.78 is 5.15. The Morgan fingerprint density at radius 3 is 2.61 bits per heavy atom. The van der Waals surface area contributed by atoms with Gasteiger partial charge in [-0.1, -0.05) is 18.2 Å². The van der Waals surface area contributed by atoms with E-state index in [0.29, 0.717) is 11.3 Å². The van der Waals surface area contributed by atoms with Gasteiger partial charge in [-0.3, -0.25) is 4.79 Å². The molecular formula is C13H11NO4. The highest BCUT2D eigenvalue weighted by Gasteiger charge is 2.15. The normalized spacial score (nSPS) is 10.1. The van der Waals surface area contributed by atoms with Crippen LogP contribution in [0.1, 0.15) is 10.4 Å². The molecule has 0 saturated heterocycles. The van der Waals surface area contributed by atoms with Gasteiger partial charge in [0.25, 0.3) is 0 Å². The van der Waals surface area contributed by atoms with E-state index in [-0.39, 0.29) is 11.1 Å². The summed E-state index contributed by atoms with van der Waals surface area (Å²) in [4.78, 5) is 25.6. The molecule has 1 aromatic heterocycles. The van der Waals surface area contributed by atoms with E-state index in [1.807, 2.05) is 0 Å². The summed E-state index contributed by atoms with van der Waals surface area (Å²) in [5.41, 5.74) is 0.000793. The fourth-order valence-corrected chi connectivity index (χ4v) is 1.71. The summed E-state index contributed by atoms with van der Waals surface area (Å²) in [5, 5.41) is 8.91. The molecule has 0 saturated carbocycles. The molecule has 0 radical (unpaired) electrons. The van der Waals surface area contributed by atoms with Crippen molar-refractivity contribution in [2.24, 2.45) is 0 Å². The van der Waals surface area contributed by atoms with Crippen LogP contribution in [-0.4, -0.2) is 23.2 Å². The van der Waals surface area contributed by atoms with E-state index in [4.69, 9.17) is 9.84 Å². The van der Waals surface area contributed by atoms with Crippen LogP contribution in [-0.2, 0) is 0 Å². The Morgan fingerprint density at radius 2 is 1.94 bits per heavy atom. The maximum Gasteiger partial charge on any atom is 0.341 e. The first-order chi connectivity index (χ1) is 8.65. The monoisotopic (exact) mass is 245 g/mol. The Morgan fingerprint density at radius 1 is 1.22 bits per heavy atom. The first kappa shape index (κ1) is 11.9. The van der Waals surface area contributed by atoms with E-state index in [2.05, 4.69) is 4.98 Å². The first-order valence-corrected chi connectivity index (χ1v) is 5.23. The van der Waals surface area contributed by atoms with Crippen LogP contribution in [0.25, 0.3) is 11.1 Å². The highest BCUT2D eigenvalue weighted by Crippen LogP contribution is 2.26. The van der Waals surface area contributed by atoms with Crippen molar-refractivity contribution in [3.8, 4) is 16.9 Å². The number of hydrogen-bond acceptors (Lipinski definition) is 3. The molecule has 0 unspecified atom stereocenters. The lowest BCUT2D eigenvalue weighted by Crippen LogP contribution is -2.16. The standard InChI is InChI=1S/C13H11NO4/c1-18-11-5-3-2-4-8(11)9-6-14-7-10(12(9)15)13(16)17/h2-7H,1H3,(H,14,15)(H,16,17). The number of aromatic carboxylic acids is 1. The minimum atomic E-state index is -1.26. The van der Waals surface area contributed by atoms with E-state index in [9.17, 15) is 9.59 Å². The van der Waals surface area contributed by atoms with E-state index in [0.717, 1.165) is 0 Å². The van der Waals surface area contributed by atoms with Crippen LogP contribution in [0.2, 0.25) is 0 Å². The number of aromatic amines is 1. The van der Waals surface area contributed by atoms with Crippen molar-refractivity contribution < 1.29 is 14.6 Å². The number of H-pyrrole nitrogens is 1. The second-order valence-corrected chi connectivity index (χ2v) is 3.62. The Bertz CT molecular complexity index is 645. The van der Waals surface area contributed by atoms with Crippen molar-refractivity contribution in [2.75, 3.05) is 7.11 Å². The molecule has 0 spiro atoms. The van der Waals surface area contributed by atoms with Gasteiger partial charge in [-0.15, -0.1) is 0 Å². The molecule has 0 atom stereocenters. The largest absolute Gasteiger partial charge is 0.496 e.